The van der Waals surface area contributed by atoms with Crippen LogP contribution in [-0.2, 0) is 19.8 Å². The topological polar surface area (TPSA) is 99.6 Å². The molecule has 4 rings (SSSR count). The Balaban J connectivity index is 1.94. The van der Waals surface area contributed by atoms with Crippen molar-refractivity contribution in [3.63, 3.8) is 0 Å². The van der Waals surface area contributed by atoms with Crippen molar-refractivity contribution < 1.29 is 19.5 Å². The Hall–Kier alpha value is -4.26. The Morgan fingerprint density at radius 2 is 1.81 bits per heavy atom. The largest absolute Gasteiger partial charge is 0.507 e. The molecule has 0 bridgehead atoms. The van der Waals surface area contributed by atoms with E-state index in [4.69, 9.17) is 0 Å². The number of hydrogen-bond acceptors (Lipinski definition) is 5. The Bertz CT molecular complexity index is 1390. The maximum atomic E-state index is 13.4. The highest BCUT2D eigenvalue weighted by molar-refractivity contribution is 6.51. The third-order valence-electron chi connectivity index (χ3n) is 6.25. The van der Waals surface area contributed by atoms with Crippen LogP contribution in [0.15, 0.2) is 72.6 Å². The molecule has 7 nitrogen and oxygen atoms in total. The number of hydrogen-bond donors (Lipinski definition) is 2. The van der Waals surface area contributed by atoms with Gasteiger partial charge < -0.3 is 10.4 Å². The maximum Gasteiger partial charge on any atom is 0.300 e. The standard InChI is InChI=1S/C29H29N3O4/c1-17-11-12-20(29(3,4)5)14-23(17)26(34)24-25(19-8-7-13-30-16-19)32(28(36)27(24)35)22-10-6-9-21(15-22)31-18(2)33/h6-16,25,34H,1-5H3,(H,31,33)/b26-24+. The monoisotopic (exact) mass is 483 g/mol. The molecule has 1 aliphatic heterocycles. The molecule has 1 unspecified atom stereocenters. The zero-order valence-corrected chi connectivity index (χ0v) is 21.0. The third kappa shape index (κ3) is 4.64. The number of carbonyl (C=O) groups is 3. The Morgan fingerprint density at radius 3 is 2.44 bits per heavy atom. The van der Waals surface area contributed by atoms with E-state index >= 15 is 0 Å². The van der Waals surface area contributed by atoms with Crippen molar-refractivity contribution in [2.45, 2.75) is 46.1 Å². The van der Waals surface area contributed by atoms with Crippen molar-refractivity contribution in [2.24, 2.45) is 0 Å². The quantitative estimate of drug-likeness (QED) is 0.299. The number of anilines is 2. The summed E-state index contributed by atoms with van der Waals surface area (Å²) >= 11 is 0. The van der Waals surface area contributed by atoms with Crippen LogP contribution in [0.5, 0.6) is 0 Å². The summed E-state index contributed by atoms with van der Waals surface area (Å²) in [7, 11) is 0. The predicted octanol–water partition coefficient (Wildman–Crippen LogP) is 5.27. The predicted molar refractivity (Wildman–Crippen MR) is 140 cm³/mol. The van der Waals surface area contributed by atoms with E-state index in [0.717, 1.165) is 11.1 Å². The fourth-order valence-corrected chi connectivity index (χ4v) is 4.38. The molecule has 0 saturated carbocycles. The van der Waals surface area contributed by atoms with Gasteiger partial charge in [-0.15, -0.1) is 0 Å². The third-order valence-corrected chi connectivity index (χ3v) is 6.25. The molecule has 1 atom stereocenters. The lowest BCUT2D eigenvalue weighted by atomic mass is 9.84. The minimum Gasteiger partial charge on any atom is -0.507 e. The van der Waals surface area contributed by atoms with E-state index in [2.05, 4.69) is 31.1 Å². The molecule has 2 amide bonds. The van der Waals surface area contributed by atoms with E-state index in [1.807, 2.05) is 25.1 Å². The number of aliphatic hydroxyl groups is 1. The lowest BCUT2D eigenvalue weighted by Crippen LogP contribution is -2.29. The van der Waals surface area contributed by atoms with E-state index in [0.29, 0.717) is 22.5 Å². The SMILES string of the molecule is CC(=O)Nc1cccc(N2C(=O)C(=O)/C(=C(/O)c3cc(C(C)(C)C)ccc3C)C2c2cccnc2)c1. The molecule has 184 valence electrons. The van der Waals surface area contributed by atoms with E-state index in [-0.39, 0.29) is 22.7 Å². The van der Waals surface area contributed by atoms with Crippen LogP contribution in [0.3, 0.4) is 0 Å². The van der Waals surface area contributed by atoms with Crippen LogP contribution >= 0.6 is 0 Å². The summed E-state index contributed by atoms with van der Waals surface area (Å²) in [5.41, 5.74) is 3.56. The van der Waals surface area contributed by atoms with Crippen molar-refractivity contribution >= 4 is 34.7 Å². The Kier molecular flexibility index (Phi) is 6.50. The molecule has 1 aliphatic rings. The second-order valence-electron chi connectivity index (χ2n) is 9.97. The summed E-state index contributed by atoms with van der Waals surface area (Å²) in [5, 5.41) is 14.3. The lowest BCUT2D eigenvalue weighted by molar-refractivity contribution is -0.132. The van der Waals surface area contributed by atoms with Gasteiger partial charge in [-0.3, -0.25) is 24.3 Å². The highest BCUT2D eigenvalue weighted by Gasteiger charge is 2.47. The second kappa shape index (κ2) is 9.41. The second-order valence-corrected chi connectivity index (χ2v) is 9.97. The van der Waals surface area contributed by atoms with Gasteiger partial charge in [-0.2, -0.15) is 0 Å². The van der Waals surface area contributed by atoms with Gasteiger partial charge in [0.1, 0.15) is 5.76 Å². The first-order valence-electron chi connectivity index (χ1n) is 11.7. The number of rotatable bonds is 4. The van der Waals surface area contributed by atoms with Gasteiger partial charge in [0, 0.05) is 36.3 Å². The summed E-state index contributed by atoms with van der Waals surface area (Å²) < 4.78 is 0. The number of carbonyl (C=O) groups excluding carboxylic acids is 3. The zero-order valence-electron chi connectivity index (χ0n) is 21.0. The fourth-order valence-electron chi connectivity index (χ4n) is 4.38. The van der Waals surface area contributed by atoms with E-state index < -0.39 is 17.7 Å². The van der Waals surface area contributed by atoms with Crippen molar-refractivity contribution in [1.29, 1.82) is 0 Å². The maximum absolute atomic E-state index is 13.4. The number of nitrogens with zero attached hydrogens (tertiary/aromatic N) is 2. The number of benzene rings is 2. The van der Waals surface area contributed by atoms with E-state index in [1.54, 1.807) is 48.8 Å². The molecular weight excluding hydrogens is 454 g/mol. The number of amides is 2. The van der Waals surface area contributed by atoms with Gasteiger partial charge in [0.2, 0.25) is 5.91 Å². The lowest BCUT2D eigenvalue weighted by Gasteiger charge is -2.26. The smallest absolute Gasteiger partial charge is 0.300 e. The highest BCUT2D eigenvalue weighted by Crippen LogP contribution is 2.43. The summed E-state index contributed by atoms with van der Waals surface area (Å²) in [6.07, 6.45) is 3.18. The number of aryl methyl sites for hydroxylation is 1. The van der Waals surface area contributed by atoms with Gasteiger partial charge in [0.25, 0.3) is 11.7 Å². The molecule has 2 heterocycles. The molecule has 2 aromatic carbocycles. The number of ketones is 1. The molecule has 3 aromatic rings. The molecule has 0 spiro atoms. The number of Topliss-reactive ketones (excluding diaryl/α,β-unsaturated/α-hetero) is 1. The summed E-state index contributed by atoms with van der Waals surface area (Å²) in [6.45, 7) is 9.45. The van der Waals surface area contributed by atoms with Gasteiger partial charge >= 0.3 is 0 Å². The average Bonchev–Trinajstić information content (AvgIpc) is 3.09. The fraction of sp³-hybridized carbons (Fsp3) is 0.241. The average molecular weight is 484 g/mol. The molecular formula is C29H29N3O4. The van der Waals surface area contributed by atoms with Crippen LogP contribution in [0.4, 0.5) is 11.4 Å². The molecule has 1 saturated heterocycles. The normalized spacial score (nSPS) is 17.4. The van der Waals surface area contributed by atoms with Crippen LogP contribution in [-0.4, -0.2) is 27.7 Å². The Labute approximate surface area is 210 Å². The van der Waals surface area contributed by atoms with Crippen LogP contribution in [0.1, 0.15) is 56.0 Å². The summed E-state index contributed by atoms with van der Waals surface area (Å²) in [4.78, 5) is 44.0. The number of aliphatic hydroxyl groups excluding tert-OH is 1. The van der Waals surface area contributed by atoms with Crippen molar-refractivity contribution in [3.05, 3.63) is 94.8 Å². The van der Waals surface area contributed by atoms with Gasteiger partial charge in [-0.05, 0) is 59.4 Å². The van der Waals surface area contributed by atoms with Crippen LogP contribution in [0.25, 0.3) is 5.76 Å². The van der Waals surface area contributed by atoms with Crippen molar-refractivity contribution in [2.75, 3.05) is 10.2 Å². The molecule has 2 N–H and O–H groups in total. The Morgan fingerprint density at radius 1 is 1.06 bits per heavy atom. The van der Waals surface area contributed by atoms with Gasteiger partial charge in [0.15, 0.2) is 0 Å². The van der Waals surface area contributed by atoms with E-state index in [9.17, 15) is 19.5 Å². The molecule has 1 aromatic heterocycles. The molecule has 36 heavy (non-hydrogen) atoms. The first-order valence-corrected chi connectivity index (χ1v) is 11.7. The first-order chi connectivity index (χ1) is 17.0. The van der Waals surface area contributed by atoms with Gasteiger partial charge in [-0.1, -0.05) is 45.0 Å². The highest BCUT2D eigenvalue weighted by atomic mass is 16.3. The van der Waals surface area contributed by atoms with Crippen molar-refractivity contribution in [1.82, 2.24) is 4.98 Å². The van der Waals surface area contributed by atoms with Crippen LogP contribution in [0.2, 0.25) is 0 Å². The zero-order chi connectivity index (χ0) is 26.2. The van der Waals surface area contributed by atoms with E-state index in [1.165, 1.54) is 11.8 Å². The van der Waals surface area contributed by atoms with Gasteiger partial charge in [-0.25, -0.2) is 0 Å². The molecule has 0 radical (unpaired) electrons. The molecule has 1 fully saturated rings. The minimum absolute atomic E-state index is 0.00732. The number of nitrogens with one attached hydrogen (secondary N) is 1. The van der Waals surface area contributed by atoms with Crippen LogP contribution < -0.4 is 10.2 Å². The van der Waals surface area contributed by atoms with Crippen molar-refractivity contribution in [3.8, 4) is 0 Å². The van der Waals surface area contributed by atoms with Crippen LogP contribution in [0, 0.1) is 6.92 Å². The summed E-state index contributed by atoms with van der Waals surface area (Å²) in [6, 6.07) is 15.1. The minimum atomic E-state index is -0.899. The number of pyridine rings is 1. The number of aromatic nitrogens is 1. The molecule has 0 aliphatic carbocycles. The van der Waals surface area contributed by atoms with Gasteiger partial charge in [0.05, 0.1) is 11.6 Å². The summed E-state index contributed by atoms with van der Waals surface area (Å²) in [5.74, 6) is -2.04. The molecule has 7 heteroatoms. The first kappa shape index (κ1) is 24.9.